The van der Waals surface area contributed by atoms with E-state index in [1.54, 1.807) is 11.6 Å². The molecule has 0 spiro atoms. The molecule has 4 heteroatoms. The molecule has 4 nitrogen and oxygen atoms in total. The highest BCUT2D eigenvalue weighted by atomic mass is 16.1. The summed E-state index contributed by atoms with van der Waals surface area (Å²) < 4.78 is 1.63. The number of hydrogen-bond donors (Lipinski definition) is 1. The maximum absolute atomic E-state index is 12.2. The van der Waals surface area contributed by atoms with Crippen molar-refractivity contribution >= 4 is 10.9 Å². The zero-order valence-electron chi connectivity index (χ0n) is 11.1. The number of benzene rings is 1. The fourth-order valence-electron chi connectivity index (χ4n) is 2.07. The smallest absolute Gasteiger partial charge is 0.261 e. The Bertz CT molecular complexity index is 604. The number of aromatic nitrogens is 2. The molecule has 0 aliphatic heterocycles. The van der Waals surface area contributed by atoms with Crippen molar-refractivity contribution in [1.29, 1.82) is 0 Å². The molecule has 1 atom stereocenters. The summed E-state index contributed by atoms with van der Waals surface area (Å²) in [4.78, 5) is 16.8. The first kappa shape index (κ1) is 12.8. The SMILES string of the molecule is CCCN[C@H](C)c1nc2ccccc2c(=O)n1C. The molecule has 0 amide bonds. The van der Waals surface area contributed by atoms with Gasteiger partial charge in [0.15, 0.2) is 0 Å². The average molecular weight is 245 g/mol. The van der Waals surface area contributed by atoms with Crippen LogP contribution in [0.3, 0.4) is 0 Å². The molecule has 2 rings (SSSR count). The highest BCUT2D eigenvalue weighted by molar-refractivity contribution is 5.77. The molecule has 0 unspecified atom stereocenters. The van der Waals surface area contributed by atoms with Crippen LogP contribution in [0.4, 0.5) is 0 Å². The van der Waals surface area contributed by atoms with E-state index in [0.717, 1.165) is 24.3 Å². The summed E-state index contributed by atoms with van der Waals surface area (Å²) in [6, 6.07) is 7.55. The lowest BCUT2D eigenvalue weighted by Crippen LogP contribution is -2.29. The molecular weight excluding hydrogens is 226 g/mol. The third kappa shape index (κ3) is 2.29. The molecular formula is C14H19N3O. The summed E-state index contributed by atoms with van der Waals surface area (Å²) in [5, 5.41) is 4.03. The number of fused-ring (bicyclic) bond motifs is 1. The molecule has 1 heterocycles. The Hall–Kier alpha value is -1.68. The van der Waals surface area contributed by atoms with Gasteiger partial charge in [-0.1, -0.05) is 19.1 Å². The molecule has 1 aromatic heterocycles. The minimum absolute atomic E-state index is 0.0146. The lowest BCUT2D eigenvalue weighted by atomic mass is 10.2. The van der Waals surface area contributed by atoms with Crippen LogP contribution in [-0.2, 0) is 7.05 Å². The van der Waals surface area contributed by atoms with Gasteiger partial charge in [-0.05, 0) is 32.0 Å². The monoisotopic (exact) mass is 245 g/mol. The molecule has 0 bridgehead atoms. The topological polar surface area (TPSA) is 46.9 Å². The lowest BCUT2D eigenvalue weighted by Gasteiger charge is -2.16. The number of para-hydroxylation sites is 1. The summed E-state index contributed by atoms with van der Waals surface area (Å²) in [6.45, 7) is 5.07. The van der Waals surface area contributed by atoms with Gasteiger partial charge in [0.1, 0.15) is 5.82 Å². The van der Waals surface area contributed by atoms with Gasteiger partial charge < -0.3 is 5.32 Å². The summed E-state index contributed by atoms with van der Waals surface area (Å²) in [7, 11) is 1.78. The minimum atomic E-state index is 0.0146. The van der Waals surface area contributed by atoms with Crippen LogP contribution < -0.4 is 10.9 Å². The largest absolute Gasteiger partial charge is 0.308 e. The van der Waals surface area contributed by atoms with Gasteiger partial charge in [-0.15, -0.1) is 0 Å². The van der Waals surface area contributed by atoms with Crippen molar-refractivity contribution in [1.82, 2.24) is 14.9 Å². The lowest BCUT2D eigenvalue weighted by molar-refractivity contribution is 0.519. The predicted molar refractivity (Wildman–Crippen MR) is 73.7 cm³/mol. The molecule has 0 aliphatic rings. The molecule has 1 N–H and O–H groups in total. The van der Waals surface area contributed by atoms with Crippen molar-refractivity contribution in [2.24, 2.45) is 7.05 Å². The average Bonchev–Trinajstić information content (AvgIpc) is 2.40. The fraction of sp³-hybridized carbons (Fsp3) is 0.429. The van der Waals surface area contributed by atoms with Crippen molar-refractivity contribution in [3.8, 4) is 0 Å². The van der Waals surface area contributed by atoms with Crippen LogP contribution in [0.5, 0.6) is 0 Å². The molecule has 0 saturated heterocycles. The van der Waals surface area contributed by atoms with Gasteiger partial charge in [0.25, 0.3) is 5.56 Å². The van der Waals surface area contributed by atoms with Crippen molar-refractivity contribution in [2.45, 2.75) is 26.3 Å². The van der Waals surface area contributed by atoms with Crippen LogP contribution >= 0.6 is 0 Å². The Morgan fingerprint density at radius 1 is 1.39 bits per heavy atom. The van der Waals surface area contributed by atoms with Crippen molar-refractivity contribution in [3.05, 3.63) is 40.4 Å². The van der Waals surface area contributed by atoms with Crippen LogP contribution in [0.1, 0.15) is 32.1 Å². The molecule has 0 aliphatic carbocycles. The summed E-state index contributed by atoms with van der Waals surface area (Å²) in [5.74, 6) is 0.784. The third-order valence-electron chi connectivity index (χ3n) is 3.11. The number of hydrogen-bond acceptors (Lipinski definition) is 3. The van der Waals surface area contributed by atoms with Crippen LogP contribution in [0.25, 0.3) is 10.9 Å². The van der Waals surface area contributed by atoms with Gasteiger partial charge in [0.2, 0.25) is 0 Å². The van der Waals surface area contributed by atoms with Crippen molar-refractivity contribution in [2.75, 3.05) is 6.54 Å². The zero-order valence-corrected chi connectivity index (χ0v) is 11.1. The Labute approximate surface area is 107 Å². The van der Waals surface area contributed by atoms with Crippen LogP contribution in [0, 0.1) is 0 Å². The molecule has 2 aromatic rings. The van der Waals surface area contributed by atoms with E-state index in [9.17, 15) is 4.79 Å². The van der Waals surface area contributed by atoms with E-state index in [1.807, 2.05) is 31.2 Å². The number of nitrogens with one attached hydrogen (secondary N) is 1. The van der Waals surface area contributed by atoms with Gasteiger partial charge in [0.05, 0.1) is 16.9 Å². The second kappa shape index (κ2) is 5.31. The van der Waals surface area contributed by atoms with Gasteiger partial charge in [-0.25, -0.2) is 4.98 Å². The van der Waals surface area contributed by atoms with Crippen molar-refractivity contribution < 1.29 is 0 Å². The third-order valence-corrected chi connectivity index (χ3v) is 3.11. The number of rotatable bonds is 4. The summed E-state index contributed by atoms with van der Waals surface area (Å²) >= 11 is 0. The Balaban J connectivity index is 2.51. The minimum Gasteiger partial charge on any atom is -0.308 e. The van der Waals surface area contributed by atoms with E-state index < -0.39 is 0 Å². The highest BCUT2D eigenvalue weighted by Crippen LogP contribution is 2.12. The van der Waals surface area contributed by atoms with E-state index in [0.29, 0.717) is 5.39 Å². The fourth-order valence-corrected chi connectivity index (χ4v) is 2.07. The first-order valence-corrected chi connectivity index (χ1v) is 6.34. The molecule has 1 aromatic carbocycles. The van der Waals surface area contributed by atoms with Crippen LogP contribution in [0.15, 0.2) is 29.1 Å². The quantitative estimate of drug-likeness (QED) is 0.896. The van der Waals surface area contributed by atoms with Gasteiger partial charge in [-0.2, -0.15) is 0 Å². The molecule has 0 radical (unpaired) electrons. The molecule has 18 heavy (non-hydrogen) atoms. The Morgan fingerprint density at radius 2 is 2.11 bits per heavy atom. The summed E-state index contributed by atoms with van der Waals surface area (Å²) in [6.07, 6.45) is 1.06. The predicted octanol–water partition coefficient (Wildman–Crippen LogP) is 1.99. The van der Waals surface area contributed by atoms with E-state index in [4.69, 9.17) is 0 Å². The Kier molecular flexibility index (Phi) is 3.77. The maximum Gasteiger partial charge on any atom is 0.261 e. The van der Waals surface area contributed by atoms with Crippen LogP contribution in [-0.4, -0.2) is 16.1 Å². The molecule has 0 fully saturated rings. The zero-order chi connectivity index (χ0) is 13.1. The van der Waals surface area contributed by atoms with E-state index in [2.05, 4.69) is 17.2 Å². The van der Waals surface area contributed by atoms with Gasteiger partial charge in [0, 0.05) is 7.05 Å². The maximum atomic E-state index is 12.2. The van der Waals surface area contributed by atoms with Crippen LogP contribution in [0.2, 0.25) is 0 Å². The second-order valence-corrected chi connectivity index (χ2v) is 4.53. The van der Waals surface area contributed by atoms with Gasteiger partial charge >= 0.3 is 0 Å². The highest BCUT2D eigenvalue weighted by Gasteiger charge is 2.13. The first-order chi connectivity index (χ1) is 8.65. The summed E-state index contributed by atoms with van der Waals surface area (Å²) in [5.41, 5.74) is 0.779. The van der Waals surface area contributed by atoms with E-state index in [1.165, 1.54) is 0 Å². The van der Waals surface area contributed by atoms with E-state index in [-0.39, 0.29) is 11.6 Å². The molecule has 96 valence electrons. The van der Waals surface area contributed by atoms with Crippen molar-refractivity contribution in [3.63, 3.8) is 0 Å². The first-order valence-electron chi connectivity index (χ1n) is 6.34. The second-order valence-electron chi connectivity index (χ2n) is 4.53. The Morgan fingerprint density at radius 3 is 2.83 bits per heavy atom. The van der Waals surface area contributed by atoms with Gasteiger partial charge in [-0.3, -0.25) is 9.36 Å². The number of nitrogens with zero attached hydrogens (tertiary/aromatic N) is 2. The normalized spacial score (nSPS) is 12.8. The standard InChI is InChI=1S/C14H19N3O/c1-4-9-15-10(2)13-16-12-8-6-5-7-11(12)14(18)17(13)3/h5-8,10,15H,4,9H2,1-3H3/t10-/m1/s1. The van der Waals surface area contributed by atoms with E-state index >= 15 is 0 Å². The molecule has 0 saturated carbocycles.